The van der Waals surface area contributed by atoms with Crippen LogP contribution in [0.5, 0.6) is 0 Å². The van der Waals surface area contributed by atoms with Crippen molar-refractivity contribution >= 4 is 11.7 Å². The van der Waals surface area contributed by atoms with Crippen molar-refractivity contribution in [2.24, 2.45) is 23.0 Å². The molecule has 22 heavy (non-hydrogen) atoms. The molecule has 0 spiro atoms. The first kappa shape index (κ1) is 15.5. The zero-order chi connectivity index (χ0) is 15.7. The molecule has 3 rings (SSSR count). The molecule has 5 nitrogen and oxygen atoms in total. The van der Waals surface area contributed by atoms with E-state index in [1.54, 1.807) is 0 Å². The lowest BCUT2D eigenvalue weighted by atomic mass is 9.81. The zero-order valence-corrected chi connectivity index (χ0v) is 13.7. The van der Waals surface area contributed by atoms with Crippen molar-refractivity contribution in [3.63, 3.8) is 0 Å². The number of nitrogens with two attached hydrogens (primary N) is 1. The van der Waals surface area contributed by atoms with Gasteiger partial charge in [-0.3, -0.25) is 9.89 Å². The molecular weight excluding hydrogens is 276 g/mol. The van der Waals surface area contributed by atoms with E-state index in [1.807, 2.05) is 19.9 Å². The van der Waals surface area contributed by atoms with Gasteiger partial charge in [-0.1, -0.05) is 20.3 Å². The van der Waals surface area contributed by atoms with E-state index in [9.17, 15) is 4.79 Å². The third kappa shape index (κ3) is 2.56. The summed E-state index contributed by atoms with van der Waals surface area (Å²) in [6.07, 6.45) is 6.87. The summed E-state index contributed by atoms with van der Waals surface area (Å²) in [7, 11) is 0. The van der Waals surface area contributed by atoms with Gasteiger partial charge in [0, 0.05) is 24.2 Å². The fraction of sp³-hybridized carbons (Fsp3) is 0.765. The van der Waals surface area contributed by atoms with E-state index in [0.29, 0.717) is 18.3 Å². The Balaban J connectivity index is 1.68. The summed E-state index contributed by atoms with van der Waals surface area (Å²) in [5.41, 5.74) is 6.55. The molecule has 122 valence electrons. The summed E-state index contributed by atoms with van der Waals surface area (Å²) >= 11 is 0. The Morgan fingerprint density at radius 2 is 2.18 bits per heavy atom. The number of nitrogens with one attached hydrogen (secondary N) is 2. The van der Waals surface area contributed by atoms with Gasteiger partial charge in [0.2, 0.25) is 5.91 Å². The van der Waals surface area contributed by atoms with Crippen molar-refractivity contribution in [3.8, 4) is 0 Å². The van der Waals surface area contributed by atoms with E-state index in [-0.39, 0.29) is 5.91 Å². The Kier molecular flexibility index (Phi) is 4.26. The highest BCUT2D eigenvalue weighted by atomic mass is 16.2. The van der Waals surface area contributed by atoms with E-state index in [1.165, 1.54) is 31.4 Å². The fourth-order valence-corrected chi connectivity index (χ4v) is 4.42. The SMILES string of the molecule is CCC(CC)(CN)C(=O)Nc1cc(C2CC3CCC2C3)[nH]n1. The highest BCUT2D eigenvalue weighted by Gasteiger charge is 2.41. The minimum absolute atomic E-state index is 0.00834. The van der Waals surface area contributed by atoms with Gasteiger partial charge in [-0.25, -0.2) is 0 Å². The molecule has 5 heteroatoms. The second kappa shape index (κ2) is 6.03. The van der Waals surface area contributed by atoms with E-state index in [4.69, 9.17) is 5.73 Å². The van der Waals surface area contributed by atoms with Crippen molar-refractivity contribution in [3.05, 3.63) is 11.8 Å². The van der Waals surface area contributed by atoms with Gasteiger partial charge in [0.15, 0.2) is 5.82 Å². The highest BCUT2D eigenvalue weighted by Crippen LogP contribution is 2.52. The number of rotatable bonds is 6. The van der Waals surface area contributed by atoms with Crippen LogP contribution in [0.25, 0.3) is 0 Å². The van der Waals surface area contributed by atoms with Crippen molar-refractivity contribution in [2.45, 2.75) is 58.3 Å². The molecule has 2 fully saturated rings. The van der Waals surface area contributed by atoms with E-state index in [2.05, 4.69) is 15.5 Å². The number of amides is 1. The zero-order valence-electron chi connectivity index (χ0n) is 13.7. The number of carbonyl (C=O) groups is 1. The molecule has 0 saturated heterocycles. The number of aromatic amines is 1. The largest absolute Gasteiger partial charge is 0.329 e. The summed E-state index contributed by atoms with van der Waals surface area (Å²) in [5, 5.41) is 10.4. The molecule has 3 atom stereocenters. The summed E-state index contributed by atoms with van der Waals surface area (Å²) < 4.78 is 0. The minimum Gasteiger partial charge on any atom is -0.329 e. The van der Waals surface area contributed by atoms with E-state index in [0.717, 1.165) is 24.7 Å². The summed E-state index contributed by atoms with van der Waals surface area (Å²) in [6, 6.07) is 2.02. The average Bonchev–Trinajstić information content (AvgIpc) is 3.25. The number of carbonyl (C=O) groups excluding carboxylic acids is 1. The van der Waals surface area contributed by atoms with Crippen LogP contribution in [0, 0.1) is 17.3 Å². The first-order valence-corrected chi connectivity index (χ1v) is 8.68. The Bertz CT molecular complexity index is 526. The van der Waals surface area contributed by atoms with Gasteiger partial charge in [-0.2, -0.15) is 5.10 Å². The van der Waals surface area contributed by atoms with Gasteiger partial charge in [0.1, 0.15) is 0 Å². The first-order valence-electron chi connectivity index (χ1n) is 8.68. The standard InChI is InChI=1S/C17H28N4O/c1-3-17(4-2,10-18)16(22)19-15-9-14(20-21-15)13-8-11-5-6-12(13)7-11/h9,11-13H,3-8,10,18H2,1-2H3,(H2,19,20,21,22). The third-order valence-electron chi connectivity index (χ3n) is 6.20. The quantitative estimate of drug-likeness (QED) is 0.755. The second-order valence-corrected chi connectivity index (χ2v) is 7.14. The Labute approximate surface area is 132 Å². The number of fused-ring (bicyclic) bond motifs is 2. The molecule has 2 aliphatic carbocycles. The molecule has 1 heterocycles. The second-order valence-electron chi connectivity index (χ2n) is 7.14. The predicted octanol–water partition coefficient (Wildman–Crippen LogP) is 3.02. The van der Waals surface area contributed by atoms with Crippen molar-refractivity contribution in [1.82, 2.24) is 10.2 Å². The maximum absolute atomic E-state index is 12.5. The molecular formula is C17H28N4O. The number of aromatic nitrogens is 2. The Hall–Kier alpha value is -1.36. The number of anilines is 1. The van der Waals surface area contributed by atoms with Gasteiger partial charge in [-0.05, 0) is 43.9 Å². The first-order chi connectivity index (χ1) is 10.6. The van der Waals surface area contributed by atoms with Crippen LogP contribution in [-0.4, -0.2) is 22.6 Å². The molecule has 0 aliphatic heterocycles. The van der Waals surface area contributed by atoms with Crippen molar-refractivity contribution in [2.75, 3.05) is 11.9 Å². The maximum Gasteiger partial charge on any atom is 0.233 e. The van der Waals surface area contributed by atoms with Crippen LogP contribution in [0.3, 0.4) is 0 Å². The number of H-pyrrole nitrogens is 1. The van der Waals surface area contributed by atoms with E-state index >= 15 is 0 Å². The van der Waals surface area contributed by atoms with Crippen LogP contribution in [0.15, 0.2) is 6.07 Å². The smallest absolute Gasteiger partial charge is 0.233 e. The van der Waals surface area contributed by atoms with Crippen LogP contribution in [0.2, 0.25) is 0 Å². The van der Waals surface area contributed by atoms with Crippen LogP contribution >= 0.6 is 0 Å². The number of nitrogens with zero attached hydrogens (tertiary/aromatic N) is 1. The number of hydrogen-bond donors (Lipinski definition) is 3. The van der Waals surface area contributed by atoms with Gasteiger partial charge >= 0.3 is 0 Å². The molecule has 1 aromatic rings. The van der Waals surface area contributed by atoms with Crippen molar-refractivity contribution in [1.29, 1.82) is 0 Å². The molecule has 1 aromatic heterocycles. The summed E-state index contributed by atoms with van der Waals surface area (Å²) in [5.74, 6) is 2.95. The van der Waals surface area contributed by atoms with Crippen LogP contribution in [-0.2, 0) is 4.79 Å². The molecule has 2 saturated carbocycles. The summed E-state index contributed by atoms with van der Waals surface area (Å²) in [6.45, 7) is 4.40. The summed E-state index contributed by atoms with van der Waals surface area (Å²) in [4.78, 5) is 12.5. The lowest BCUT2D eigenvalue weighted by Gasteiger charge is -2.27. The van der Waals surface area contributed by atoms with Crippen LogP contribution in [0.4, 0.5) is 5.82 Å². The molecule has 3 unspecified atom stereocenters. The predicted molar refractivity (Wildman–Crippen MR) is 87.5 cm³/mol. The Morgan fingerprint density at radius 3 is 2.73 bits per heavy atom. The number of hydrogen-bond acceptors (Lipinski definition) is 3. The normalized spacial score (nSPS) is 27.3. The van der Waals surface area contributed by atoms with Crippen molar-refractivity contribution < 1.29 is 4.79 Å². The molecule has 2 bridgehead atoms. The minimum atomic E-state index is -0.481. The fourth-order valence-electron chi connectivity index (χ4n) is 4.42. The Morgan fingerprint density at radius 1 is 1.41 bits per heavy atom. The topological polar surface area (TPSA) is 83.8 Å². The molecule has 0 radical (unpaired) electrons. The maximum atomic E-state index is 12.5. The molecule has 0 aromatic carbocycles. The highest BCUT2D eigenvalue weighted by molar-refractivity contribution is 5.94. The molecule has 2 aliphatic rings. The van der Waals surface area contributed by atoms with Crippen LogP contribution in [0.1, 0.15) is 64.0 Å². The van der Waals surface area contributed by atoms with Gasteiger partial charge < -0.3 is 11.1 Å². The third-order valence-corrected chi connectivity index (χ3v) is 6.20. The van der Waals surface area contributed by atoms with E-state index < -0.39 is 5.41 Å². The van der Waals surface area contributed by atoms with Gasteiger partial charge in [-0.15, -0.1) is 0 Å². The monoisotopic (exact) mass is 304 g/mol. The lowest BCUT2D eigenvalue weighted by Crippen LogP contribution is -2.41. The molecule has 1 amide bonds. The van der Waals surface area contributed by atoms with Gasteiger partial charge in [0.25, 0.3) is 0 Å². The molecule has 4 N–H and O–H groups in total. The lowest BCUT2D eigenvalue weighted by molar-refractivity contribution is -0.125. The average molecular weight is 304 g/mol. The van der Waals surface area contributed by atoms with Gasteiger partial charge in [0.05, 0.1) is 5.41 Å². The van der Waals surface area contributed by atoms with Crippen LogP contribution < -0.4 is 11.1 Å².